The third-order valence-corrected chi connectivity index (χ3v) is 9.04. The topological polar surface area (TPSA) is 53.0 Å². The zero-order valence-corrected chi connectivity index (χ0v) is 28.7. The Morgan fingerprint density at radius 3 is 1.92 bits per heavy atom. The summed E-state index contributed by atoms with van der Waals surface area (Å²) in [5, 5.41) is 12.2. The van der Waals surface area contributed by atoms with Crippen molar-refractivity contribution in [3.05, 3.63) is 211 Å². The summed E-state index contributed by atoms with van der Waals surface area (Å²) in [7, 11) is 0. The lowest BCUT2D eigenvalue weighted by Gasteiger charge is -2.18. The first-order valence-electron chi connectivity index (χ1n) is 16.0. The quantitative estimate of drug-likeness (QED) is 0.189. The van der Waals surface area contributed by atoms with Crippen molar-refractivity contribution in [3.63, 3.8) is 0 Å². The van der Waals surface area contributed by atoms with Crippen LogP contribution < -0.4 is 10.6 Å². The average molecular weight is 654 g/mol. The van der Waals surface area contributed by atoms with Gasteiger partial charge in [0.25, 0.3) is 0 Å². The first kappa shape index (κ1) is 34.2. The molecule has 0 bridgehead atoms. The van der Waals surface area contributed by atoms with Crippen molar-refractivity contribution in [1.82, 2.24) is 0 Å². The summed E-state index contributed by atoms with van der Waals surface area (Å²) in [5.41, 5.74) is 13.9. The number of allylic oxidation sites excluding steroid dienone is 8. The van der Waals surface area contributed by atoms with Crippen LogP contribution in [0.3, 0.4) is 0 Å². The molecule has 1 aromatic heterocycles. The predicted octanol–water partition coefficient (Wildman–Crippen LogP) is 12.1. The Morgan fingerprint density at radius 1 is 0.653 bits per heavy atom. The van der Waals surface area contributed by atoms with Crippen molar-refractivity contribution in [2.75, 3.05) is 10.6 Å². The standard InChI is InChI=1S/C32H24N2S.C7H8.C6H7N/c1-22-11-15-27(16-12-22)34-18-17-25(20-33)19-24(3)23(2)13-14-26(21-34)28-8-6-9-30-29-7-4-5-10-31(29)35-32(28)30;1-7-5-3-2-4-6-7;7-6-4-2-1-3-5-6/h4-19,21H,2-3H2,1H3;2-6H,1H3;1-5H,7H2/b14-13-,18-17-,25-19+,26-21+;;. The minimum atomic E-state index is 0.519. The zero-order chi connectivity index (χ0) is 34.6. The minimum Gasteiger partial charge on any atom is -0.399 e. The van der Waals surface area contributed by atoms with Gasteiger partial charge in [0.05, 0.1) is 11.6 Å². The lowest BCUT2D eigenvalue weighted by Crippen LogP contribution is -2.08. The number of anilines is 2. The van der Waals surface area contributed by atoms with Crippen LogP contribution in [0.15, 0.2) is 194 Å². The van der Waals surface area contributed by atoms with E-state index < -0.39 is 0 Å². The Morgan fingerprint density at radius 2 is 1.29 bits per heavy atom. The average Bonchev–Trinajstić information content (AvgIpc) is 3.50. The van der Waals surface area contributed by atoms with E-state index in [2.05, 4.69) is 129 Å². The van der Waals surface area contributed by atoms with Crippen molar-refractivity contribution in [2.24, 2.45) is 0 Å². The molecule has 2 heterocycles. The lowest BCUT2D eigenvalue weighted by atomic mass is 10.0. The molecule has 0 atom stereocenters. The van der Waals surface area contributed by atoms with Gasteiger partial charge in [-0.2, -0.15) is 5.26 Å². The molecule has 0 radical (unpaired) electrons. The van der Waals surface area contributed by atoms with E-state index in [4.69, 9.17) is 5.73 Å². The Hall–Kier alpha value is -6.15. The third kappa shape index (κ3) is 9.23. The molecule has 1 aliphatic heterocycles. The van der Waals surface area contributed by atoms with E-state index in [1.165, 1.54) is 31.3 Å². The summed E-state index contributed by atoms with van der Waals surface area (Å²) in [6.07, 6.45) is 11.7. The molecule has 0 unspecified atom stereocenters. The minimum absolute atomic E-state index is 0.519. The number of benzene rings is 5. The van der Waals surface area contributed by atoms with Crippen molar-refractivity contribution < 1.29 is 0 Å². The number of aryl methyl sites for hydroxylation is 2. The van der Waals surface area contributed by atoms with E-state index in [0.29, 0.717) is 11.1 Å². The number of nitriles is 1. The molecule has 0 saturated heterocycles. The van der Waals surface area contributed by atoms with Crippen LogP contribution in [0, 0.1) is 25.2 Å². The number of nitrogens with two attached hydrogens (primary N) is 1. The maximum atomic E-state index is 9.66. The fraction of sp³-hybridized carbons (Fsp3) is 0.0444. The number of nitrogens with zero attached hydrogens (tertiary/aromatic N) is 2. The smallest absolute Gasteiger partial charge is 0.0992 e. The number of para-hydroxylation sites is 1. The molecule has 1 aliphatic rings. The summed E-state index contributed by atoms with van der Waals surface area (Å²) >= 11 is 1.81. The summed E-state index contributed by atoms with van der Waals surface area (Å²) in [6, 6.07) is 45.4. The molecular weight excluding hydrogens is 615 g/mol. The van der Waals surface area contributed by atoms with Crippen LogP contribution in [0.5, 0.6) is 0 Å². The maximum Gasteiger partial charge on any atom is 0.0992 e. The number of thiophene rings is 1. The first-order chi connectivity index (χ1) is 23.8. The lowest BCUT2D eigenvalue weighted by molar-refractivity contribution is 1.27. The van der Waals surface area contributed by atoms with Gasteiger partial charge in [0.1, 0.15) is 0 Å². The highest BCUT2D eigenvalue weighted by Gasteiger charge is 2.13. The van der Waals surface area contributed by atoms with E-state index in [9.17, 15) is 5.26 Å². The molecule has 0 fully saturated rings. The van der Waals surface area contributed by atoms with E-state index in [-0.39, 0.29) is 0 Å². The Labute approximate surface area is 293 Å². The van der Waals surface area contributed by atoms with Crippen molar-refractivity contribution in [1.29, 1.82) is 5.26 Å². The van der Waals surface area contributed by atoms with Gasteiger partial charge >= 0.3 is 0 Å². The van der Waals surface area contributed by atoms with Crippen molar-refractivity contribution >= 4 is 48.5 Å². The number of hydrogen-bond acceptors (Lipinski definition) is 4. The zero-order valence-electron chi connectivity index (χ0n) is 27.9. The van der Waals surface area contributed by atoms with Gasteiger partial charge in [0, 0.05) is 49.5 Å². The van der Waals surface area contributed by atoms with Crippen molar-refractivity contribution in [2.45, 2.75) is 13.8 Å². The fourth-order valence-corrected chi connectivity index (χ4v) is 6.33. The second-order valence-electron chi connectivity index (χ2n) is 11.6. The molecule has 3 nitrogen and oxygen atoms in total. The molecule has 4 heteroatoms. The number of nitrogen functional groups attached to an aromatic ring is 1. The summed E-state index contributed by atoms with van der Waals surface area (Å²) in [5.74, 6) is 0. The molecule has 6 aromatic rings. The molecule has 49 heavy (non-hydrogen) atoms. The highest BCUT2D eigenvalue weighted by atomic mass is 32.1. The van der Waals surface area contributed by atoms with Crippen LogP contribution in [-0.2, 0) is 0 Å². The number of rotatable bonds is 2. The van der Waals surface area contributed by atoms with Crippen LogP contribution in [0.4, 0.5) is 11.4 Å². The molecule has 2 N–H and O–H groups in total. The molecule has 7 rings (SSSR count). The Balaban J connectivity index is 0.000000276. The SMILES string of the molecule is C=C1/C=C\C(c2cccc3c2sc2ccccc23)=C/N(c2ccc(C)cc2)/C=C\C(C#N)=C/C1=C.Cc1ccccc1.Nc1ccccc1. The molecule has 5 aromatic carbocycles. The normalized spacial score (nSPS) is 16.3. The Bertz CT molecular complexity index is 2190. The first-order valence-corrected chi connectivity index (χ1v) is 16.8. The molecular formula is C45H39N3S. The fourth-order valence-electron chi connectivity index (χ4n) is 5.09. The predicted molar refractivity (Wildman–Crippen MR) is 213 cm³/mol. The Kier molecular flexibility index (Phi) is 11.6. The van der Waals surface area contributed by atoms with Gasteiger partial charge in [-0.15, -0.1) is 11.3 Å². The van der Waals surface area contributed by atoms with E-state index in [1.54, 1.807) is 6.08 Å². The summed E-state index contributed by atoms with van der Waals surface area (Å²) in [6.45, 7) is 12.5. The van der Waals surface area contributed by atoms with Gasteiger partial charge in [-0.3, -0.25) is 0 Å². The van der Waals surface area contributed by atoms with Gasteiger partial charge in [-0.1, -0.05) is 133 Å². The van der Waals surface area contributed by atoms with Gasteiger partial charge in [0.15, 0.2) is 0 Å². The van der Waals surface area contributed by atoms with Gasteiger partial charge in [-0.25, -0.2) is 0 Å². The summed E-state index contributed by atoms with van der Waals surface area (Å²) in [4.78, 5) is 2.06. The van der Waals surface area contributed by atoms with Crippen LogP contribution in [-0.4, -0.2) is 0 Å². The van der Waals surface area contributed by atoms with Crippen LogP contribution >= 0.6 is 11.3 Å². The number of fused-ring (bicyclic) bond motifs is 3. The van der Waals surface area contributed by atoms with Gasteiger partial charge < -0.3 is 10.6 Å². The molecule has 0 saturated carbocycles. The monoisotopic (exact) mass is 653 g/mol. The number of hydrogen-bond donors (Lipinski definition) is 1. The van der Waals surface area contributed by atoms with Crippen LogP contribution in [0.1, 0.15) is 16.7 Å². The van der Waals surface area contributed by atoms with E-state index >= 15 is 0 Å². The molecule has 0 aliphatic carbocycles. The highest BCUT2D eigenvalue weighted by Crippen LogP contribution is 2.39. The molecule has 240 valence electrons. The second kappa shape index (κ2) is 16.6. The molecule has 0 amide bonds. The maximum absolute atomic E-state index is 9.66. The van der Waals surface area contributed by atoms with E-state index in [1.807, 2.05) is 78.2 Å². The summed E-state index contributed by atoms with van der Waals surface area (Å²) < 4.78 is 2.51. The van der Waals surface area contributed by atoms with Gasteiger partial charge in [-0.05, 0) is 73.1 Å². The molecule has 0 spiro atoms. The van der Waals surface area contributed by atoms with Crippen LogP contribution in [0.2, 0.25) is 0 Å². The van der Waals surface area contributed by atoms with Gasteiger partial charge in [0.2, 0.25) is 0 Å². The largest absolute Gasteiger partial charge is 0.399 e. The highest BCUT2D eigenvalue weighted by molar-refractivity contribution is 7.26. The third-order valence-electron chi connectivity index (χ3n) is 7.82. The van der Waals surface area contributed by atoms with Crippen LogP contribution in [0.25, 0.3) is 25.7 Å². The van der Waals surface area contributed by atoms with Crippen molar-refractivity contribution in [3.8, 4) is 6.07 Å². The van der Waals surface area contributed by atoms with E-state index in [0.717, 1.165) is 28.1 Å². The second-order valence-corrected chi connectivity index (χ2v) is 12.6.